The molecule has 0 fully saturated rings. The fourth-order valence-electron chi connectivity index (χ4n) is 2.35. The third kappa shape index (κ3) is 5.39. The Labute approximate surface area is 155 Å². The Bertz CT molecular complexity index is 760. The van der Waals surface area contributed by atoms with Crippen LogP contribution in [-0.4, -0.2) is 12.0 Å². The summed E-state index contributed by atoms with van der Waals surface area (Å²) in [5.74, 6) is -0.0438. The van der Waals surface area contributed by atoms with E-state index in [1.165, 1.54) is 13.0 Å². The zero-order valence-corrected chi connectivity index (χ0v) is 15.1. The second-order valence-electron chi connectivity index (χ2n) is 5.84. The Kier molecular flexibility index (Phi) is 6.53. The molecule has 1 atom stereocenters. The normalized spacial score (nSPS) is 12.5. The van der Waals surface area contributed by atoms with Gasteiger partial charge in [0.2, 0.25) is 0 Å². The van der Waals surface area contributed by atoms with Crippen LogP contribution in [0.4, 0.5) is 18.9 Å². The van der Waals surface area contributed by atoms with Gasteiger partial charge in [0.15, 0.2) is 6.10 Å². The predicted octanol–water partition coefficient (Wildman–Crippen LogP) is 5.72. The molecule has 0 heterocycles. The minimum atomic E-state index is -4.60. The monoisotopic (exact) mass is 385 g/mol. The Morgan fingerprint density at radius 3 is 2.42 bits per heavy atom. The molecule has 1 amide bonds. The van der Waals surface area contributed by atoms with E-state index in [-0.39, 0.29) is 5.69 Å². The summed E-state index contributed by atoms with van der Waals surface area (Å²) in [6.45, 7) is 3.60. The lowest BCUT2D eigenvalue weighted by Crippen LogP contribution is -2.30. The van der Waals surface area contributed by atoms with Crippen molar-refractivity contribution in [3.05, 3.63) is 58.6 Å². The quantitative estimate of drug-likeness (QED) is 0.690. The van der Waals surface area contributed by atoms with E-state index in [4.69, 9.17) is 16.3 Å². The number of alkyl halides is 3. The van der Waals surface area contributed by atoms with Gasteiger partial charge in [-0.2, -0.15) is 13.2 Å². The van der Waals surface area contributed by atoms with Gasteiger partial charge in [0.25, 0.3) is 5.91 Å². The van der Waals surface area contributed by atoms with Gasteiger partial charge in [-0.05, 0) is 49.2 Å². The van der Waals surface area contributed by atoms with Crippen molar-refractivity contribution in [3.8, 4) is 5.75 Å². The van der Waals surface area contributed by atoms with E-state index < -0.39 is 28.8 Å². The van der Waals surface area contributed by atoms with Crippen LogP contribution in [0, 0.1) is 0 Å². The van der Waals surface area contributed by atoms with Crippen molar-refractivity contribution in [3.63, 3.8) is 0 Å². The average Bonchev–Trinajstić information content (AvgIpc) is 2.57. The molecule has 140 valence electrons. The number of ether oxygens (including phenoxy) is 1. The van der Waals surface area contributed by atoms with Gasteiger partial charge in [-0.1, -0.05) is 37.1 Å². The third-order valence-electron chi connectivity index (χ3n) is 3.68. The number of carbonyl (C=O) groups is 1. The molecule has 2 rings (SSSR count). The third-order valence-corrected chi connectivity index (χ3v) is 4.01. The Hall–Kier alpha value is -2.21. The van der Waals surface area contributed by atoms with Crippen LogP contribution in [0.1, 0.15) is 31.4 Å². The number of hydrogen-bond donors (Lipinski definition) is 1. The fraction of sp³-hybridized carbons (Fsp3) is 0.316. The molecule has 0 radical (unpaired) electrons. The van der Waals surface area contributed by atoms with Gasteiger partial charge in [0.05, 0.1) is 10.6 Å². The van der Waals surface area contributed by atoms with Gasteiger partial charge < -0.3 is 10.1 Å². The highest BCUT2D eigenvalue weighted by atomic mass is 35.5. The Balaban J connectivity index is 2.03. The van der Waals surface area contributed by atoms with E-state index >= 15 is 0 Å². The zero-order chi connectivity index (χ0) is 19.3. The van der Waals surface area contributed by atoms with Crippen LogP contribution in [-0.2, 0) is 17.4 Å². The number of rotatable bonds is 6. The number of halogens is 4. The van der Waals surface area contributed by atoms with Crippen LogP contribution in [0.3, 0.4) is 0 Å². The van der Waals surface area contributed by atoms with Crippen molar-refractivity contribution in [2.24, 2.45) is 0 Å². The van der Waals surface area contributed by atoms with E-state index in [9.17, 15) is 18.0 Å². The molecule has 0 bridgehead atoms. The minimum Gasteiger partial charge on any atom is -0.481 e. The first-order chi connectivity index (χ1) is 12.2. The molecule has 0 aliphatic rings. The number of hydrogen-bond acceptors (Lipinski definition) is 2. The molecule has 0 saturated carbocycles. The second kappa shape index (κ2) is 8.45. The Morgan fingerprint density at radius 2 is 1.85 bits per heavy atom. The van der Waals surface area contributed by atoms with E-state index in [1.54, 1.807) is 12.1 Å². The molecular weight excluding hydrogens is 367 g/mol. The molecule has 7 heteroatoms. The summed E-state index contributed by atoms with van der Waals surface area (Å²) in [7, 11) is 0. The highest BCUT2D eigenvalue weighted by Gasteiger charge is 2.33. The Morgan fingerprint density at radius 1 is 1.19 bits per heavy atom. The molecule has 0 aliphatic carbocycles. The maximum atomic E-state index is 12.9. The van der Waals surface area contributed by atoms with Crippen LogP contribution in [0.5, 0.6) is 5.75 Å². The summed E-state index contributed by atoms with van der Waals surface area (Å²) in [6, 6.07) is 10.6. The summed E-state index contributed by atoms with van der Waals surface area (Å²) in [4.78, 5) is 12.2. The fourth-order valence-corrected chi connectivity index (χ4v) is 2.57. The van der Waals surface area contributed by atoms with Crippen molar-refractivity contribution in [2.75, 3.05) is 5.32 Å². The highest BCUT2D eigenvalue weighted by molar-refractivity contribution is 6.31. The summed E-state index contributed by atoms with van der Waals surface area (Å²) < 4.78 is 44.2. The number of aryl methyl sites for hydroxylation is 1. The predicted molar refractivity (Wildman–Crippen MR) is 95.6 cm³/mol. The smallest absolute Gasteiger partial charge is 0.417 e. The SMILES string of the molecule is CCCc1ccc(OC(C)C(=O)Nc2ccc(Cl)c(C(F)(F)F)c2)cc1. The van der Waals surface area contributed by atoms with Crippen molar-refractivity contribution in [1.82, 2.24) is 0 Å². The summed E-state index contributed by atoms with van der Waals surface area (Å²) in [5, 5.41) is 1.99. The number of carbonyl (C=O) groups excluding carboxylic acids is 1. The van der Waals surface area contributed by atoms with Crippen molar-refractivity contribution in [1.29, 1.82) is 0 Å². The molecule has 2 aromatic rings. The topological polar surface area (TPSA) is 38.3 Å². The van der Waals surface area contributed by atoms with Gasteiger partial charge in [-0.15, -0.1) is 0 Å². The van der Waals surface area contributed by atoms with Crippen LogP contribution in [0.25, 0.3) is 0 Å². The lowest BCUT2D eigenvalue weighted by Gasteiger charge is -2.16. The van der Waals surface area contributed by atoms with Crippen LogP contribution >= 0.6 is 11.6 Å². The summed E-state index contributed by atoms with van der Waals surface area (Å²) in [6.07, 6.45) is -3.49. The molecule has 0 aliphatic heterocycles. The molecule has 0 spiro atoms. The number of nitrogens with one attached hydrogen (secondary N) is 1. The maximum absolute atomic E-state index is 12.9. The van der Waals surface area contributed by atoms with Crippen LogP contribution < -0.4 is 10.1 Å². The lowest BCUT2D eigenvalue weighted by molar-refractivity contribution is -0.137. The summed E-state index contributed by atoms with van der Waals surface area (Å²) in [5.41, 5.74) is 0.162. The first-order valence-corrected chi connectivity index (χ1v) is 8.51. The highest BCUT2D eigenvalue weighted by Crippen LogP contribution is 2.36. The van der Waals surface area contributed by atoms with Crippen molar-refractivity contribution >= 4 is 23.2 Å². The minimum absolute atomic E-state index is 0.000434. The lowest BCUT2D eigenvalue weighted by atomic mass is 10.1. The van der Waals surface area contributed by atoms with Gasteiger partial charge in [0.1, 0.15) is 5.75 Å². The summed E-state index contributed by atoms with van der Waals surface area (Å²) >= 11 is 5.57. The van der Waals surface area contributed by atoms with E-state index in [1.807, 2.05) is 12.1 Å². The van der Waals surface area contributed by atoms with Crippen LogP contribution in [0.15, 0.2) is 42.5 Å². The van der Waals surface area contributed by atoms with Gasteiger partial charge in [-0.3, -0.25) is 4.79 Å². The second-order valence-corrected chi connectivity index (χ2v) is 6.24. The number of benzene rings is 2. The van der Waals surface area contributed by atoms with Gasteiger partial charge in [-0.25, -0.2) is 0 Å². The van der Waals surface area contributed by atoms with Crippen molar-refractivity contribution < 1.29 is 22.7 Å². The molecule has 1 unspecified atom stereocenters. The molecular formula is C19H19ClF3NO2. The van der Waals surface area contributed by atoms with Crippen LogP contribution in [0.2, 0.25) is 5.02 Å². The van der Waals surface area contributed by atoms with E-state index in [2.05, 4.69) is 12.2 Å². The molecule has 0 aromatic heterocycles. The number of amides is 1. The molecule has 2 aromatic carbocycles. The first kappa shape index (κ1) is 20.1. The largest absolute Gasteiger partial charge is 0.481 e. The molecule has 26 heavy (non-hydrogen) atoms. The zero-order valence-electron chi connectivity index (χ0n) is 14.4. The average molecular weight is 386 g/mol. The van der Waals surface area contributed by atoms with E-state index in [0.717, 1.165) is 30.5 Å². The number of anilines is 1. The first-order valence-electron chi connectivity index (χ1n) is 8.14. The van der Waals surface area contributed by atoms with Crippen molar-refractivity contribution in [2.45, 2.75) is 39.0 Å². The van der Waals surface area contributed by atoms with E-state index in [0.29, 0.717) is 5.75 Å². The standard InChI is InChI=1S/C19H19ClF3NO2/c1-3-4-13-5-8-15(9-6-13)26-12(2)18(25)24-14-7-10-17(20)16(11-14)19(21,22)23/h5-12H,3-4H2,1-2H3,(H,24,25). The van der Waals surface area contributed by atoms with Gasteiger partial charge in [0, 0.05) is 5.69 Å². The molecule has 3 nitrogen and oxygen atoms in total. The molecule has 0 saturated heterocycles. The van der Waals surface area contributed by atoms with Gasteiger partial charge >= 0.3 is 6.18 Å². The maximum Gasteiger partial charge on any atom is 0.417 e. The molecule has 1 N–H and O–H groups in total.